The molecule has 1 amide bonds. The van der Waals surface area contributed by atoms with Gasteiger partial charge in [0.1, 0.15) is 0 Å². The van der Waals surface area contributed by atoms with Crippen LogP contribution >= 0.6 is 12.4 Å². The van der Waals surface area contributed by atoms with Crippen LogP contribution in [0.25, 0.3) is 0 Å². The number of nitrogens with zero attached hydrogens (tertiary/aromatic N) is 1. The average molecular weight is 287 g/mol. The second kappa shape index (κ2) is 5.25. The highest BCUT2D eigenvalue weighted by atomic mass is 35.5. The van der Waals surface area contributed by atoms with E-state index in [1.807, 2.05) is 0 Å². The normalized spacial score (nSPS) is 36.1. The fraction of sp³-hybridized carbons (Fsp3) is 0.933. The SMILES string of the molecule is CCC1(C)CCN(C(=O)C2CC23CCNCC3)C1.Cl. The molecule has 2 aliphatic heterocycles. The van der Waals surface area contributed by atoms with Crippen molar-refractivity contribution in [2.75, 3.05) is 26.2 Å². The number of carbonyl (C=O) groups excluding carboxylic acids is 1. The molecule has 1 N–H and O–H groups in total. The molecule has 2 unspecified atom stereocenters. The second-order valence-electron chi connectivity index (χ2n) is 7.04. The van der Waals surface area contributed by atoms with Gasteiger partial charge in [0.15, 0.2) is 0 Å². The van der Waals surface area contributed by atoms with Crippen LogP contribution in [-0.2, 0) is 4.79 Å². The van der Waals surface area contributed by atoms with Gasteiger partial charge >= 0.3 is 0 Å². The van der Waals surface area contributed by atoms with E-state index in [0.717, 1.165) is 32.6 Å². The summed E-state index contributed by atoms with van der Waals surface area (Å²) in [5, 5.41) is 3.41. The Balaban J connectivity index is 0.00000133. The van der Waals surface area contributed by atoms with Crippen molar-refractivity contribution >= 4 is 18.3 Å². The standard InChI is InChI=1S/C15H26N2O.ClH/c1-3-14(2)6-9-17(11-14)13(18)12-10-15(12)4-7-16-8-5-15;/h12,16H,3-11H2,1-2H3;1H. The minimum atomic E-state index is 0. The van der Waals surface area contributed by atoms with Gasteiger partial charge in [-0.25, -0.2) is 0 Å². The number of piperidine rings is 1. The molecule has 4 heteroatoms. The van der Waals surface area contributed by atoms with Crippen molar-refractivity contribution in [2.24, 2.45) is 16.7 Å². The van der Waals surface area contributed by atoms with E-state index >= 15 is 0 Å². The first-order valence-corrected chi connectivity index (χ1v) is 7.58. The average Bonchev–Trinajstić information content (AvgIpc) is 2.92. The summed E-state index contributed by atoms with van der Waals surface area (Å²) >= 11 is 0. The lowest BCUT2D eigenvalue weighted by Gasteiger charge is -2.26. The van der Waals surface area contributed by atoms with E-state index < -0.39 is 0 Å². The molecule has 110 valence electrons. The molecule has 2 atom stereocenters. The van der Waals surface area contributed by atoms with Crippen LogP contribution in [0.1, 0.15) is 46.0 Å². The number of hydrogen-bond donors (Lipinski definition) is 1. The third-order valence-electron chi connectivity index (χ3n) is 5.81. The molecule has 0 radical (unpaired) electrons. The van der Waals surface area contributed by atoms with Crippen LogP contribution in [0.4, 0.5) is 0 Å². The lowest BCUT2D eigenvalue weighted by atomic mass is 9.87. The van der Waals surface area contributed by atoms with Crippen molar-refractivity contribution in [1.29, 1.82) is 0 Å². The molecule has 0 bridgehead atoms. The molecule has 1 aliphatic carbocycles. The zero-order valence-corrected chi connectivity index (χ0v) is 13.0. The van der Waals surface area contributed by atoms with E-state index in [1.165, 1.54) is 25.7 Å². The predicted octanol–water partition coefficient (Wildman–Crippen LogP) is 2.45. The molecule has 0 aromatic carbocycles. The van der Waals surface area contributed by atoms with Gasteiger partial charge in [-0.1, -0.05) is 13.8 Å². The van der Waals surface area contributed by atoms with E-state index in [9.17, 15) is 4.79 Å². The molecular formula is C15H27ClN2O. The Morgan fingerprint density at radius 2 is 2.00 bits per heavy atom. The third kappa shape index (κ3) is 2.64. The molecule has 3 rings (SSSR count). The first-order chi connectivity index (χ1) is 8.59. The third-order valence-corrected chi connectivity index (χ3v) is 5.81. The van der Waals surface area contributed by atoms with E-state index in [-0.39, 0.29) is 12.4 Å². The van der Waals surface area contributed by atoms with Crippen LogP contribution in [0.15, 0.2) is 0 Å². The van der Waals surface area contributed by atoms with Crippen molar-refractivity contribution in [3.63, 3.8) is 0 Å². The van der Waals surface area contributed by atoms with E-state index in [1.54, 1.807) is 0 Å². The summed E-state index contributed by atoms with van der Waals surface area (Å²) < 4.78 is 0. The first-order valence-electron chi connectivity index (χ1n) is 7.58. The van der Waals surface area contributed by atoms with Crippen molar-refractivity contribution < 1.29 is 4.79 Å². The number of rotatable bonds is 2. The highest BCUT2D eigenvalue weighted by Crippen LogP contribution is 2.59. The van der Waals surface area contributed by atoms with Crippen LogP contribution in [-0.4, -0.2) is 37.0 Å². The molecule has 2 heterocycles. The maximum atomic E-state index is 12.6. The Labute approximate surface area is 122 Å². The quantitative estimate of drug-likeness (QED) is 0.846. The lowest BCUT2D eigenvalue weighted by Crippen LogP contribution is -2.36. The van der Waals surface area contributed by atoms with Gasteiger partial charge in [-0.15, -0.1) is 12.4 Å². The van der Waals surface area contributed by atoms with Crippen LogP contribution < -0.4 is 5.32 Å². The summed E-state index contributed by atoms with van der Waals surface area (Å²) in [5.74, 6) is 0.827. The Morgan fingerprint density at radius 3 is 2.58 bits per heavy atom. The minimum Gasteiger partial charge on any atom is -0.342 e. The highest BCUT2D eigenvalue weighted by molar-refractivity contribution is 5.85. The van der Waals surface area contributed by atoms with E-state index in [2.05, 4.69) is 24.1 Å². The number of hydrogen-bond acceptors (Lipinski definition) is 2. The summed E-state index contributed by atoms with van der Waals surface area (Å²) in [5.41, 5.74) is 0.777. The Kier molecular flexibility index (Phi) is 4.18. The zero-order chi connectivity index (χ0) is 12.8. The van der Waals surface area contributed by atoms with Gasteiger partial charge in [-0.2, -0.15) is 0 Å². The van der Waals surface area contributed by atoms with Crippen molar-refractivity contribution in [3.8, 4) is 0 Å². The number of nitrogens with one attached hydrogen (secondary N) is 1. The highest BCUT2D eigenvalue weighted by Gasteiger charge is 2.59. The Bertz CT molecular complexity index is 348. The molecule has 0 aromatic rings. The number of likely N-dealkylation sites (tertiary alicyclic amines) is 1. The predicted molar refractivity (Wildman–Crippen MR) is 79.5 cm³/mol. The van der Waals surface area contributed by atoms with Gasteiger partial charge in [0, 0.05) is 19.0 Å². The molecule has 3 aliphatic rings. The van der Waals surface area contributed by atoms with E-state index in [0.29, 0.717) is 22.7 Å². The van der Waals surface area contributed by atoms with Crippen molar-refractivity contribution in [1.82, 2.24) is 10.2 Å². The number of carbonyl (C=O) groups is 1. The molecule has 3 nitrogen and oxygen atoms in total. The van der Waals surface area contributed by atoms with E-state index in [4.69, 9.17) is 0 Å². The van der Waals surface area contributed by atoms with Gasteiger partial charge < -0.3 is 10.2 Å². The van der Waals surface area contributed by atoms with Crippen molar-refractivity contribution in [2.45, 2.75) is 46.0 Å². The molecular weight excluding hydrogens is 260 g/mol. The molecule has 1 saturated carbocycles. The number of amides is 1. The topological polar surface area (TPSA) is 32.3 Å². The monoisotopic (exact) mass is 286 g/mol. The van der Waals surface area contributed by atoms with Gasteiger partial charge in [-0.3, -0.25) is 4.79 Å². The molecule has 3 fully saturated rings. The Hall–Kier alpha value is -0.280. The smallest absolute Gasteiger partial charge is 0.226 e. The second-order valence-corrected chi connectivity index (χ2v) is 7.04. The van der Waals surface area contributed by atoms with Gasteiger partial charge in [-0.05, 0) is 56.0 Å². The fourth-order valence-electron chi connectivity index (χ4n) is 3.89. The first kappa shape index (κ1) is 15.1. The molecule has 0 aromatic heterocycles. The maximum Gasteiger partial charge on any atom is 0.226 e. The van der Waals surface area contributed by atoms with Crippen LogP contribution in [0, 0.1) is 16.7 Å². The summed E-state index contributed by atoms with van der Waals surface area (Å²) in [4.78, 5) is 14.7. The van der Waals surface area contributed by atoms with Crippen LogP contribution in [0.3, 0.4) is 0 Å². The summed E-state index contributed by atoms with van der Waals surface area (Å²) in [6, 6.07) is 0. The van der Waals surface area contributed by atoms with Crippen molar-refractivity contribution in [3.05, 3.63) is 0 Å². The molecule has 19 heavy (non-hydrogen) atoms. The molecule has 2 saturated heterocycles. The Morgan fingerprint density at radius 1 is 1.32 bits per heavy atom. The maximum absolute atomic E-state index is 12.6. The lowest BCUT2D eigenvalue weighted by molar-refractivity contribution is -0.133. The minimum absolute atomic E-state index is 0. The molecule has 1 spiro atoms. The van der Waals surface area contributed by atoms with Gasteiger partial charge in [0.05, 0.1) is 0 Å². The van der Waals surface area contributed by atoms with Crippen LogP contribution in [0.5, 0.6) is 0 Å². The summed E-state index contributed by atoms with van der Waals surface area (Å²) in [7, 11) is 0. The van der Waals surface area contributed by atoms with Gasteiger partial charge in [0.25, 0.3) is 0 Å². The van der Waals surface area contributed by atoms with Gasteiger partial charge in [0.2, 0.25) is 5.91 Å². The van der Waals surface area contributed by atoms with Crippen LogP contribution in [0.2, 0.25) is 0 Å². The zero-order valence-electron chi connectivity index (χ0n) is 12.2. The number of halogens is 1. The summed E-state index contributed by atoms with van der Waals surface area (Å²) in [6.07, 6.45) is 5.96. The summed E-state index contributed by atoms with van der Waals surface area (Å²) in [6.45, 7) is 8.78. The fourth-order valence-corrected chi connectivity index (χ4v) is 3.89. The largest absolute Gasteiger partial charge is 0.342 e.